The molecule has 0 fully saturated rings. The second-order valence-electron chi connectivity index (χ2n) is 3.94. The van der Waals surface area contributed by atoms with Crippen LogP contribution in [0.4, 0.5) is 5.69 Å². The zero-order chi connectivity index (χ0) is 12.3. The predicted molar refractivity (Wildman–Crippen MR) is 68.8 cm³/mol. The Morgan fingerprint density at radius 1 is 1.35 bits per heavy atom. The molecule has 1 heterocycles. The highest BCUT2D eigenvalue weighted by Crippen LogP contribution is 2.31. The van der Waals surface area contributed by atoms with Crippen molar-refractivity contribution in [3.8, 4) is 17.0 Å². The van der Waals surface area contributed by atoms with E-state index in [1.165, 1.54) is 0 Å². The van der Waals surface area contributed by atoms with Crippen LogP contribution in [0.2, 0.25) is 0 Å². The Kier molecular flexibility index (Phi) is 3.32. The lowest BCUT2D eigenvalue weighted by Crippen LogP contribution is -2.00. The molecule has 0 aliphatic heterocycles. The molecule has 17 heavy (non-hydrogen) atoms. The Morgan fingerprint density at radius 2 is 2.18 bits per heavy atom. The van der Waals surface area contributed by atoms with Gasteiger partial charge in [-0.1, -0.05) is 6.92 Å². The summed E-state index contributed by atoms with van der Waals surface area (Å²) in [5.41, 5.74) is 8.54. The molecule has 4 nitrogen and oxygen atoms in total. The Hall–Kier alpha value is -1.97. The molecule has 1 aromatic carbocycles. The molecule has 0 saturated heterocycles. The number of hydrogen-bond acceptors (Lipinski definition) is 3. The third-order valence-corrected chi connectivity index (χ3v) is 2.56. The minimum Gasteiger partial charge on any atom is -0.493 e. The van der Waals surface area contributed by atoms with Gasteiger partial charge in [0, 0.05) is 24.5 Å². The minimum atomic E-state index is 0.703. The van der Waals surface area contributed by atoms with Crippen molar-refractivity contribution in [2.75, 3.05) is 12.3 Å². The Bertz CT molecular complexity index is 505. The van der Waals surface area contributed by atoms with Gasteiger partial charge in [-0.3, -0.25) is 4.68 Å². The first-order valence-electron chi connectivity index (χ1n) is 5.73. The summed E-state index contributed by atoms with van der Waals surface area (Å²) in [5, 5.41) is 4.16. The Balaban J connectivity index is 2.43. The van der Waals surface area contributed by atoms with Crippen molar-refractivity contribution in [2.45, 2.75) is 13.3 Å². The molecule has 0 aliphatic rings. The van der Waals surface area contributed by atoms with Crippen molar-refractivity contribution in [2.24, 2.45) is 7.05 Å². The first kappa shape index (κ1) is 11.5. The van der Waals surface area contributed by atoms with Crippen LogP contribution in [0.15, 0.2) is 30.5 Å². The highest BCUT2D eigenvalue weighted by molar-refractivity contribution is 5.71. The summed E-state index contributed by atoms with van der Waals surface area (Å²) in [6.07, 6.45) is 2.75. The molecule has 2 rings (SSSR count). The molecule has 0 unspecified atom stereocenters. The average molecular weight is 231 g/mol. The van der Waals surface area contributed by atoms with Crippen molar-refractivity contribution in [1.29, 1.82) is 0 Å². The molecule has 0 atom stereocenters. The van der Waals surface area contributed by atoms with Crippen LogP contribution in [-0.2, 0) is 7.05 Å². The van der Waals surface area contributed by atoms with Crippen LogP contribution >= 0.6 is 0 Å². The number of anilines is 1. The number of aromatic nitrogens is 2. The lowest BCUT2D eigenvalue weighted by molar-refractivity contribution is 0.318. The lowest BCUT2D eigenvalue weighted by atomic mass is 10.1. The topological polar surface area (TPSA) is 53.1 Å². The van der Waals surface area contributed by atoms with E-state index in [1.54, 1.807) is 6.20 Å². The monoisotopic (exact) mass is 231 g/mol. The summed E-state index contributed by atoms with van der Waals surface area (Å²) in [6.45, 7) is 2.79. The second-order valence-corrected chi connectivity index (χ2v) is 3.94. The van der Waals surface area contributed by atoms with Crippen molar-refractivity contribution >= 4 is 5.69 Å². The third-order valence-electron chi connectivity index (χ3n) is 2.56. The molecule has 0 spiro atoms. The maximum absolute atomic E-state index is 5.83. The smallest absolute Gasteiger partial charge is 0.128 e. The fourth-order valence-electron chi connectivity index (χ4n) is 1.72. The van der Waals surface area contributed by atoms with E-state index in [-0.39, 0.29) is 0 Å². The molecule has 4 heteroatoms. The van der Waals surface area contributed by atoms with Crippen LogP contribution in [-0.4, -0.2) is 16.4 Å². The molecule has 2 N–H and O–H groups in total. The van der Waals surface area contributed by atoms with E-state index in [1.807, 2.05) is 36.0 Å². The Labute approximate surface area is 101 Å². The first-order valence-corrected chi connectivity index (χ1v) is 5.73. The summed E-state index contributed by atoms with van der Waals surface area (Å²) in [5.74, 6) is 0.852. The van der Waals surface area contributed by atoms with E-state index >= 15 is 0 Å². The number of nitrogen functional groups attached to an aromatic ring is 1. The van der Waals surface area contributed by atoms with Crippen molar-refractivity contribution in [3.05, 3.63) is 30.5 Å². The largest absolute Gasteiger partial charge is 0.493 e. The molecule has 0 aliphatic carbocycles. The van der Waals surface area contributed by atoms with Gasteiger partial charge in [0.25, 0.3) is 0 Å². The molecule has 0 radical (unpaired) electrons. The standard InChI is InChI=1S/C13H17N3O/c1-3-8-17-13-5-4-10(14)9-11(13)12-6-7-15-16(12)2/h4-7,9H,3,8,14H2,1-2H3. The normalized spacial score (nSPS) is 10.5. The molecule has 0 saturated carbocycles. The number of nitrogens with two attached hydrogens (primary N) is 1. The van der Waals surface area contributed by atoms with Gasteiger partial charge >= 0.3 is 0 Å². The number of aryl methyl sites for hydroxylation is 1. The maximum Gasteiger partial charge on any atom is 0.128 e. The minimum absolute atomic E-state index is 0.703. The van der Waals surface area contributed by atoms with Gasteiger partial charge in [-0.05, 0) is 30.7 Å². The number of ether oxygens (including phenoxy) is 1. The summed E-state index contributed by atoms with van der Waals surface area (Å²) in [6, 6.07) is 7.63. The maximum atomic E-state index is 5.83. The molecule has 0 amide bonds. The van der Waals surface area contributed by atoms with E-state index in [2.05, 4.69) is 12.0 Å². The fourth-order valence-corrected chi connectivity index (χ4v) is 1.72. The first-order chi connectivity index (χ1) is 8.22. The third kappa shape index (κ3) is 2.41. The summed E-state index contributed by atoms with van der Waals surface area (Å²) in [7, 11) is 1.90. The van der Waals surface area contributed by atoms with Crippen LogP contribution in [0.3, 0.4) is 0 Å². The quantitative estimate of drug-likeness (QED) is 0.822. The number of nitrogens with zero attached hydrogens (tertiary/aromatic N) is 2. The van der Waals surface area contributed by atoms with Crippen LogP contribution < -0.4 is 10.5 Å². The van der Waals surface area contributed by atoms with E-state index in [9.17, 15) is 0 Å². The molecule has 2 aromatic rings. The highest BCUT2D eigenvalue weighted by Gasteiger charge is 2.10. The van der Waals surface area contributed by atoms with Gasteiger partial charge < -0.3 is 10.5 Å². The van der Waals surface area contributed by atoms with Crippen molar-refractivity contribution in [3.63, 3.8) is 0 Å². The van der Waals surface area contributed by atoms with Crippen molar-refractivity contribution in [1.82, 2.24) is 9.78 Å². The van der Waals surface area contributed by atoms with Crippen LogP contribution in [0.5, 0.6) is 5.75 Å². The SMILES string of the molecule is CCCOc1ccc(N)cc1-c1ccnn1C. The summed E-state index contributed by atoms with van der Waals surface area (Å²) >= 11 is 0. The van der Waals surface area contributed by atoms with Gasteiger partial charge in [0.05, 0.1) is 12.3 Å². The molecule has 0 bridgehead atoms. The van der Waals surface area contributed by atoms with Crippen molar-refractivity contribution < 1.29 is 4.74 Å². The van der Waals surface area contributed by atoms with Crippen LogP contribution in [0, 0.1) is 0 Å². The van der Waals surface area contributed by atoms with E-state index in [0.717, 1.165) is 29.1 Å². The van der Waals surface area contributed by atoms with Gasteiger partial charge in [-0.25, -0.2) is 0 Å². The van der Waals surface area contributed by atoms with Gasteiger partial charge in [-0.15, -0.1) is 0 Å². The predicted octanol–water partition coefficient (Wildman–Crippen LogP) is 2.46. The van der Waals surface area contributed by atoms with E-state index < -0.39 is 0 Å². The average Bonchev–Trinajstić information content (AvgIpc) is 2.74. The molecule has 1 aromatic heterocycles. The molecular formula is C13H17N3O. The van der Waals surface area contributed by atoms with Gasteiger partial charge in [0.15, 0.2) is 0 Å². The summed E-state index contributed by atoms with van der Waals surface area (Å²) < 4.78 is 7.54. The molecule has 90 valence electrons. The Morgan fingerprint density at radius 3 is 2.82 bits per heavy atom. The van der Waals surface area contributed by atoms with E-state index in [4.69, 9.17) is 10.5 Å². The van der Waals surface area contributed by atoms with Crippen LogP contribution in [0.25, 0.3) is 11.3 Å². The van der Waals surface area contributed by atoms with Gasteiger partial charge in [-0.2, -0.15) is 5.10 Å². The van der Waals surface area contributed by atoms with Gasteiger partial charge in [0.2, 0.25) is 0 Å². The highest BCUT2D eigenvalue weighted by atomic mass is 16.5. The summed E-state index contributed by atoms with van der Waals surface area (Å²) in [4.78, 5) is 0. The van der Waals surface area contributed by atoms with E-state index in [0.29, 0.717) is 6.61 Å². The zero-order valence-corrected chi connectivity index (χ0v) is 10.2. The molecular weight excluding hydrogens is 214 g/mol. The fraction of sp³-hybridized carbons (Fsp3) is 0.308. The number of hydrogen-bond donors (Lipinski definition) is 1. The lowest BCUT2D eigenvalue weighted by Gasteiger charge is -2.11. The zero-order valence-electron chi connectivity index (χ0n) is 10.2. The number of rotatable bonds is 4. The second kappa shape index (κ2) is 4.91. The number of benzene rings is 1. The van der Waals surface area contributed by atoms with Gasteiger partial charge in [0.1, 0.15) is 5.75 Å². The van der Waals surface area contributed by atoms with Crippen LogP contribution in [0.1, 0.15) is 13.3 Å².